The van der Waals surface area contributed by atoms with Gasteiger partial charge in [-0.15, -0.1) is 13.2 Å². The number of Topliss-reactive ketones (excluding diaryl/α,β-unsaturated/α-hetero) is 1. The average molecular weight is 300 g/mol. The third kappa shape index (κ3) is 2.21. The van der Waals surface area contributed by atoms with Crippen LogP contribution >= 0.6 is 0 Å². The number of nitrogens with zero attached hydrogens (tertiary/aromatic N) is 2. The van der Waals surface area contributed by atoms with Gasteiger partial charge in [-0.3, -0.25) is 14.6 Å². The number of hydrogen-bond acceptors (Lipinski definition) is 3. The highest BCUT2D eigenvalue weighted by atomic mass is 16.1. The second-order valence-electron chi connectivity index (χ2n) is 7.79. The average Bonchev–Trinajstić information content (AvgIpc) is 2.61. The maximum atomic E-state index is 13.2. The molecule has 0 aliphatic carbocycles. The Labute approximate surface area is 134 Å². The number of fused-ring (bicyclic) bond motifs is 6. The summed E-state index contributed by atoms with van der Waals surface area (Å²) < 4.78 is 0. The molecule has 6 aliphatic heterocycles. The van der Waals surface area contributed by atoms with Crippen LogP contribution in [-0.4, -0.2) is 53.8 Å². The standard InChI is InChI=1S/C19H28N2O/c1-3-13-11-20-7-5-15(13)9-17(20)19(22)18-10-16-6-8-21(18)12-14(16)4-2/h3-4,13-18H,1-2,5-12H2. The molecule has 0 amide bonds. The van der Waals surface area contributed by atoms with Gasteiger partial charge in [0, 0.05) is 13.1 Å². The van der Waals surface area contributed by atoms with Crippen molar-refractivity contribution in [2.45, 2.75) is 37.8 Å². The smallest absolute Gasteiger partial charge is 0.167 e. The summed E-state index contributed by atoms with van der Waals surface area (Å²) in [4.78, 5) is 18.1. The molecule has 22 heavy (non-hydrogen) atoms. The van der Waals surface area contributed by atoms with Crippen molar-refractivity contribution in [2.24, 2.45) is 23.7 Å². The summed E-state index contributed by atoms with van der Waals surface area (Å²) in [6, 6.07) is 0.364. The van der Waals surface area contributed by atoms with Crippen LogP contribution in [0.15, 0.2) is 25.3 Å². The molecule has 4 bridgehead atoms. The molecule has 0 aromatic rings. The zero-order valence-corrected chi connectivity index (χ0v) is 13.5. The van der Waals surface area contributed by atoms with Crippen molar-refractivity contribution >= 4 is 5.78 Å². The highest BCUT2D eigenvalue weighted by Gasteiger charge is 2.48. The van der Waals surface area contributed by atoms with Crippen molar-refractivity contribution in [3.8, 4) is 0 Å². The fraction of sp³-hybridized carbons (Fsp3) is 0.737. The van der Waals surface area contributed by atoms with Gasteiger partial charge in [0.25, 0.3) is 0 Å². The predicted octanol–water partition coefficient (Wildman–Crippen LogP) is 2.35. The third-order valence-corrected chi connectivity index (χ3v) is 6.87. The Morgan fingerprint density at radius 3 is 1.64 bits per heavy atom. The largest absolute Gasteiger partial charge is 0.296 e. The van der Waals surface area contributed by atoms with Gasteiger partial charge in [0.1, 0.15) is 0 Å². The third-order valence-electron chi connectivity index (χ3n) is 6.87. The summed E-state index contributed by atoms with van der Waals surface area (Å²) in [5, 5.41) is 0. The van der Waals surface area contributed by atoms with E-state index in [4.69, 9.17) is 0 Å². The molecule has 0 radical (unpaired) electrons. The van der Waals surface area contributed by atoms with E-state index in [1.807, 2.05) is 0 Å². The zero-order chi connectivity index (χ0) is 15.3. The number of ketones is 1. The molecule has 0 N–H and O–H groups in total. The van der Waals surface area contributed by atoms with Gasteiger partial charge in [-0.05, 0) is 62.4 Å². The summed E-state index contributed by atoms with van der Waals surface area (Å²) in [6.07, 6.45) is 8.84. The Balaban J connectivity index is 1.47. The predicted molar refractivity (Wildman–Crippen MR) is 88.6 cm³/mol. The van der Waals surface area contributed by atoms with E-state index < -0.39 is 0 Å². The molecule has 6 rings (SSSR count). The summed E-state index contributed by atoms with van der Waals surface area (Å²) >= 11 is 0. The van der Waals surface area contributed by atoms with Crippen molar-refractivity contribution < 1.29 is 4.79 Å². The van der Waals surface area contributed by atoms with Crippen LogP contribution in [0.3, 0.4) is 0 Å². The molecule has 6 aliphatic rings. The minimum Gasteiger partial charge on any atom is -0.296 e. The van der Waals surface area contributed by atoms with E-state index in [1.165, 1.54) is 12.8 Å². The maximum absolute atomic E-state index is 13.2. The molecule has 3 nitrogen and oxygen atoms in total. The summed E-state index contributed by atoms with van der Waals surface area (Å²) in [5.41, 5.74) is 0. The Morgan fingerprint density at radius 2 is 1.32 bits per heavy atom. The monoisotopic (exact) mass is 300 g/mol. The lowest BCUT2D eigenvalue weighted by atomic mass is 9.70. The Bertz CT molecular complexity index is 446. The Hall–Kier alpha value is -0.930. The number of hydrogen-bond donors (Lipinski definition) is 0. The van der Waals surface area contributed by atoms with Crippen molar-refractivity contribution in [2.75, 3.05) is 26.2 Å². The summed E-state index contributed by atoms with van der Waals surface area (Å²) in [5.74, 6) is 3.10. The van der Waals surface area contributed by atoms with Crippen LogP contribution in [-0.2, 0) is 4.79 Å². The Kier molecular flexibility index (Phi) is 3.74. The minimum absolute atomic E-state index is 0.182. The topological polar surface area (TPSA) is 23.6 Å². The lowest BCUT2D eigenvalue weighted by molar-refractivity contribution is -0.140. The first-order chi connectivity index (χ1) is 10.7. The highest BCUT2D eigenvalue weighted by molar-refractivity contribution is 5.89. The first-order valence-electron chi connectivity index (χ1n) is 8.98. The molecule has 120 valence electrons. The van der Waals surface area contributed by atoms with Gasteiger partial charge in [0.2, 0.25) is 0 Å². The fourth-order valence-corrected chi connectivity index (χ4v) is 5.49. The van der Waals surface area contributed by atoms with Gasteiger partial charge in [-0.2, -0.15) is 0 Å². The van der Waals surface area contributed by atoms with Gasteiger partial charge in [0.15, 0.2) is 5.78 Å². The number of carbonyl (C=O) groups is 1. The summed E-state index contributed by atoms with van der Waals surface area (Å²) in [6.45, 7) is 12.3. The van der Waals surface area contributed by atoms with E-state index in [9.17, 15) is 4.79 Å². The second-order valence-corrected chi connectivity index (χ2v) is 7.79. The molecule has 0 aromatic heterocycles. The van der Waals surface area contributed by atoms with E-state index >= 15 is 0 Å². The Morgan fingerprint density at radius 1 is 0.864 bits per heavy atom. The van der Waals surface area contributed by atoms with Gasteiger partial charge in [0.05, 0.1) is 12.1 Å². The number of rotatable bonds is 4. The van der Waals surface area contributed by atoms with Crippen molar-refractivity contribution in [3.05, 3.63) is 25.3 Å². The molecule has 0 aromatic carbocycles. The molecule has 8 unspecified atom stereocenters. The number of carbonyl (C=O) groups excluding carboxylic acids is 1. The fourth-order valence-electron chi connectivity index (χ4n) is 5.49. The zero-order valence-electron chi connectivity index (χ0n) is 13.5. The van der Waals surface area contributed by atoms with Crippen LogP contribution < -0.4 is 0 Å². The molecule has 6 heterocycles. The first-order valence-corrected chi connectivity index (χ1v) is 8.98. The second kappa shape index (κ2) is 5.61. The maximum Gasteiger partial charge on any atom is 0.167 e. The molecule has 6 fully saturated rings. The molecule has 3 heteroatoms. The van der Waals surface area contributed by atoms with E-state index in [-0.39, 0.29) is 12.1 Å². The SMILES string of the molecule is C=CC1CN2CCC1CC2C(=O)C1CC2CCN1CC2C=C. The quantitative estimate of drug-likeness (QED) is 0.745. The molecular formula is C19H28N2O. The first kappa shape index (κ1) is 14.6. The highest BCUT2D eigenvalue weighted by Crippen LogP contribution is 2.41. The van der Waals surface area contributed by atoms with Crippen LogP contribution in [0.1, 0.15) is 25.7 Å². The van der Waals surface area contributed by atoms with Crippen LogP contribution in [0, 0.1) is 23.7 Å². The van der Waals surface area contributed by atoms with E-state index in [0.717, 1.165) is 39.0 Å². The van der Waals surface area contributed by atoms with Gasteiger partial charge < -0.3 is 0 Å². The van der Waals surface area contributed by atoms with Crippen LogP contribution in [0.5, 0.6) is 0 Å². The lowest BCUT2D eigenvalue weighted by Crippen LogP contribution is -2.63. The van der Waals surface area contributed by atoms with Crippen LogP contribution in [0.2, 0.25) is 0 Å². The van der Waals surface area contributed by atoms with Crippen molar-refractivity contribution in [1.29, 1.82) is 0 Å². The molecule has 8 atom stereocenters. The van der Waals surface area contributed by atoms with Crippen molar-refractivity contribution in [3.63, 3.8) is 0 Å². The van der Waals surface area contributed by atoms with Gasteiger partial charge in [-0.25, -0.2) is 0 Å². The summed E-state index contributed by atoms with van der Waals surface area (Å²) in [7, 11) is 0. The van der Waals surface area contributed by atoms with E-state index in [2.05, 4.69) is 35.1 Å². The molecular weight excluding hydrogens is 272 g/mol. The molecule has 6 saturated heterocycles. The normalized spacial score (nSPS) is 49.8. The number of piperidine rings is 6. The van der Waals surface area contributed by atoms with Crippen LogP contribution in [0.25, 0.3) is 0 Å². The van der Waals surface area contributed by atoms with E-state index in [1.54, 1.807) is 0 Å². The lowest BCUT2D eigenvalue weighted by Gasteiger charge is -2.53. The van der Waals surface area contributed by atoms with Gasteiger partial charge in [-0.1, -0.05) is 12.2 Å². The van der Waals surface area contributed by atoms with Crippen LogP contribution in [0.4, 0.5) is 0 Å². The van der Waals surface area contributed by atoms with Gasteiger partial charge >= 0.3 is 0 Å². The minimum atomic E-state index is 0.182. The molecule has 0 spiro atoms. The molecule has 0 saturated carbocycles. The van der Waals surface area contributed by atoms with Crippen molar-refractivity contribution in [1.82, 2.24) is 9.80 Å². The van der Waals surface area contributed by atoms with E-state index in [0.29, 0.717) is 29.5 Å².